The molecule has 2 aromatic rings. The SMILES string of the molecule is CCN(Cc1ccccn1)Cc1ccccc1C(=N)N. The van der Waals surface area contributed by atoms with Crippen LogP contribution in [-0.2, 0) is 13.1 Å². The molecule has 2 rings (SSSR count). The topological polar surface area (TPSA) is 66.0 Å². The van der Waals surface area contributed by atoms with Gasteiger partial charge in [0.15, 0.2) is 0 Å². The fourth-order valence-electron chi connectivity index (χ4n) is 2.16. The molecule has 0 spiro atoms. The highest BCUT2D eigenvalue weighted by Crippen LogP contribution is 2.13. The van der Waals surface area contributed by atoms with Crippen molar-refractivity contribution in [3.63, 3.8) is 0 Å². The molecule has 0 aliphatic rings. The minimum Gasteiger partial charge on any atom is -0.384 e. The van der Waals surface area contributed by atoms with Crippen LogP contribution in [0.1, 0.15) is 23.7 Å². The zero-order chi connectivity index (χ0) is 14.4. The second kappa shape index (κ2) is 6.82. The summed E-state index contributed by atoms with van der Waals surface area (Å²) in [6, 6.07) is 13.8. The molecule has 0 bridgehead atoms. The smallest absolute Gasteiger partial charge is 0.123 e. The minimum atomic E-state index is 0.120. The molecule has 0 aliphatic carbocycles. The molecule has 3 N–H and O–H groups in total. The van der Waals surface area contributed by atoms with Crippen molar-refractivity contribution in [3.8, 4) is 0 Å². The third-order valence-electron chi connectivity index (χ3n) is 3.26. The predicted octanol–water partition coefficient (Wildman–Crippen LogP) is 2.39. The summed E-state index contributed by atoms with van der Waals surface area (Å²) >= 11 is 0. The van der Waals surface area contributed by atoms with Gasteiger partial charge in [-0.25, -0.2) is 0 Å². The highest BCUT2D eigenvalue weighted by Gasteiger charge is 2.10. The second-order valence-corrected chi connectivity index (χ2v) is 4.70. The van der Waals surface area contributed by atoms with Crippen LogP contribution in [0.25, 0.3) is 0 Å². The van der Waals surface area contributed by atoms with Gasteiger partial charge >= 0.3 is 0 Å². The summed E-state index contributed by atoms with van der Waals surface area (Å²) < 4.78 is 0. The maximum Gasteiger partial charge on any atom is 0.123 e. The molecule has 1 aromatic carbocycles. The van der Waals surface area contributed by atoms with Gasteiger partial charge in [0, 0.05) is 24.8 Å². The highest BCUT2D eigenvalue weighted by atomic mass is 15.1. The Labute approximate surface area is 119 Å². The lowest BCUT2D eigenvalue weighted by Gasteiger charge is -2.21. The summed E-state index contributed by atoms with van der Waals surface area (Å²) in [6.07, 6.45) is 1.81. The largest absolute Gasteiger partial charge is 0.384 e. The third-order valence-corrected chi connectivity index (χ3v) is 3.26. The van der Waals surface area contributed by atoms with E-state index >= 15 is 0 Å². The number of aromatic nitrogens is 1. The molecule has 1 aromatic heterocycles. The first-order valence-electron chi connectivity index (χ1n) is 6.75. The average molecular weight is 268 g/mol. The van der Waals surface area contributed by atoms with Crippen molar-refractivity contribution in [2.75, 3.05) is 6.54 Å². The normalized spacial score (nSPS) is 10.7. The first kappa shape index (κ1) is 14.2. The maximum atomic E-state index is 7.65. The molecule has 20 heavy (non-hydrogen) atoms. The van der Waals surface area contributed by atoms with Crippen LogP contribution < -0.4 is 5.73 Å². The molecule has 0 atom stereocenters. The van der Waals surface area contributed by atoms with E-state index in [2.05, 4.69) is 16.8 Å². The van der Waals surface area contributed by atoms with Crippen LogP contribution in [0.3, 0.4) is 0 Å². The Morgan fingerprint density at radius 3 is 2.55 bits per heavy atom. The minimum absolute atomic E-state index is 0.120. The van der Waals surface area contributed by atoms with Crippen LogP contribution >= 0.6 is 0 Å². The molecule has 0 unspecified atom stereocenters. The zero-order valence-corrected chi connectivity index (χ0v) is 11.7. The number of benzene rings is 1. The molecule has 0 radical (unpaired) electrons. The third kappa shape index (κ3) is 3.65. The number of hydrogen-bond donors (Lipinski definition) is 2. The first-order chi connectivity index (χ1) is 9.70. The Morgan fingerprint density at radius 2 is 1.90 bits per heavy atom. The summed E-state index contributed by atoms with van der Waals surface area (Å²) in [4.78, 5) is 6.64. The van der Waals surface area contributed by atoms with E-state index in [0.29, 0.717) is 0 Å². The number of hydrogen-bond acceptors (Lipinski definition) is 3. The van der Waals surface area contributed by atoms with Crippen LogP contribution in [0.15, 0.2) is 48.7 Å². The van der Waals surface area contributed by atoms with E-state index in [-0.39, 0.29) is 5.84 Å². The highest BCUT2D eigenvalue weighted by molar-refractivity contribution is 5.96. The van der Waals surface area contributed by atoms with E-state index in [0.717, 1.165) is 36.5 Å². The van der Waals surface area contributed by atoms with Crippen molar-refractivity contribution < 1.29 is 0 Å². The van der Waals surface area contributed by atoms with Crippen molar-refractivity contribution in [2.24, 2.45) is 5.73 Å². The Morgan fingerprint density at radius 1 is 1.15 bits per heavy atom. The average Bonchev–Trinajstić information content (AvgIpc) is 2.48. The molecular weight excluding hydrogens is 248 g/mol. The van der Waals surface area contributed by atoms with Crippen molar-refractivity contribution in [3.05, 3.63) is 65.5 Å². The maximum absolute atomic E-state index is 7.65. The standard InChI is InChI=1S/C16H20N4/c1-2-20(12-14-8-5-6-10-19-14)11-13-7-3-4-9-15(13)16(17)18/h3-10H,2,11-12H2,1H3,(H3,17,18). The summed E-state index contributed by atoms with van der Waals surface area (Å²) in [6.45, 7) is 4.61. The molecule has 0 saturated carbocycles. The van der Waals surface area contributed by atoms with Gasteiger partial charge < -0.3 is 5.73 Å². The molecular formula is C16H20N4. The summed E-state index contributed by atoms with van der Waals surface area (Å²) in [7, 11) is 0. The molecule has 0 fully saturated rings. The second-order valence-electron chi connectivity index (χ2n) is 4.70. The van der Waals surface area contributed by atoms with Crippen LogP contribution in [-0.4, -0.2) is 22.3 Å². The van der Waals surface area contributed by atoms with Gasteiger partial charge in [-0.2, -0.15) is 0 Å². The van der Waals surface area contributed by atoms with Crippen molar-refractivity contribution in [1.29, 1.82) is 5.41 Å². The monoisotopic (exact) mass is 268 g/mol. The summed E-state index contributed by atoms with van der Waals surface area (Å²) in [5.41, 5.74) is 8.58. The molecule has 4 heteroatoms. The van der Waals surface area contributed by atoms with Crippen LogP contribution in [0.5, 0.6) is 0 Å². The van der Waals surface area contributed by atoms with E-state index in [1.807, 2.05) is 48.7 Å². The Bertz CT molecular complexity index is 566. The van der Waals surface area contributed by atoms with Gasteiger partial charge in [0.1, 0.15) is 5.84 Å². The molecule has 0 amide bonds. The molecule has 0 aliphatic heterocycles. The van der Waals surface area contributed by atoms with Crippen molar-refractivity contribution >= 4 is 5.84 Å². The number of nitrogens with two attached hydrogens (primary N) is 1. The first-order valence-corrected chi connectivity index (χ1v) is 6.75. The van der Waals surface area contributed by atoms with Gasteiger partial charge in [-0.3, -0.25) is 15.3 Å². The van der Waals surface area contributed by atoms with Gasteiger partial charge in [-0.15, -0.1) is 0 Å². The fourth-order valence-corrected chi connectivity index (χ4v) is 2.16. The fraction of sp³-hybridized carbons (Fsp3) is 0.250. The van der Waals surface area contributed by atoms with E-state index in [9.17, 15) is 0 Å². The predicted molar refractivity (Wildman–Crippen MR) is 81.5 cm³/mol. The van der Waals surface area contributed by atoms with E-state index < -0.39 is 0 Å². The summed E-state index contributed by atoms with van der Waals surface area (Å²) in [5.74, 6) is 0.120. The van der Waals surface area contributed by atoms with Gasteiger partial charge in [0.2, 0.25) is 0 Å². The van der Waals surface area contributed by atoms with E-state index in [1.54, 1.807) is 0 Å². The number of nitrogens with one attached hydrogen (secondary N) is 1. The zero-order valence-electron chi connectivity index (χ0n) is 11.7. The van der Waals surface area contributed by atoms with Crippen molar-refractivity contribution in [1.82, 2.24) is 9.88 Å². The van der Waals surface area contributed by atoms with E-state index in [1.165, 1.54) is 0 Å². The number of amidine groups is 1. The number of nitrogen functional groups attached to an aromatic ring is 1. The van der Waals surface area contributed by atoms with Crippen molar-refractivity contribution in [2.45, 2.75) is 20.0 Å². The van der Waals surface area contributed by atoms with Gasteiger partial charge in [-0.05, 0) is 24.2 Å². The Hall–Kier alpha value is -2.20. The molecule has 4 nitrogen and oxygen atoms in total. The quantitative estimate of drug-likeness (QED) is 0.624. The van der Waals surface area contributed by atoms with Gasteiger partial charge in [0.05, 0.1) is 5.69 Å². The lowest BCUT2D eigenvalue weighted by Crippen LogP contribution is -2.25. The van der Waals surface area contributed by atoms with Gasteiger partial charge in [-0.1, -0.05) is 37.3 Å². The van der Waals surface area contributed by atoms with Crippen LogP contribution in [0, 0.1) is 5.41 Å². The Kier molecular flexibility index (Phi) is 4.85. The molecule has 0 saturated heterocycles. The Balaban J connectivity index is 2.13. The molecule has 1 heterocycles. The lowest BCUT2D eigenvalue weighted by atomic mass is 10.1. The summed E-state index contributed by atoms with van der Waals surface area (Å²) in [5, 5.41) is 7.65. The van der Waals surface area contributed by atoms with Gasteiger partial charge in [0.25, 0.3) is 0 Å². The van der Waals surface area contributed by atoms with E-state index in [4.69, 9.17) is 11.1 Å². The molecule has 104 valence electrons. The number of rotatable bonds is 6. The number of nitrogens with zero attached hydrogens (tertiary/aromatic N) is 2. The van der Waals surface area contributed by atoms with Crippen LogP contribution in [0.2, 0.25) is 0 Å². The van der Waals surface area contributed by atoms with Crippen LogP contribution in [0.4, 0.5) is 0 Å². The number of pyridine rings is 1. The lowest BCUT2D eigenvalue weighted by molar-refractivity contribution is 0.268.